The predicted molar refractivity (Wildman–Crippen MR) is 117 cm³/mol. The summed E-state index contributed by atoms with van der Waals surface area (Å²) >= 11 is 0. The van der Waals surface area contributed by atoms with E-state index >= 15 is 0 Å². The van der Waals surface area contributed by atoms with Crippen LogP contribution in [0.3, 0.4) is 0 Å². The van der Waals surface area contributed by atoms with Gasteiger partial charge in [0.1, 0.15) is 11.5 Å². The Bertz CT molecular complexity index is 960. The lowest BCUT2D eigenvalue weighted by Crippen LogP contribution is -2.46. The number of benzene rings is 2. The summed E-state index contributed by atoms with van der Waals surface area (Å²) in [5.41, 5.74) is 1.35. The van der Waals surface area contributed by atoms with Crippen LogP contribution in [0, 0.1) is 0 Å². The molecule has 1 N–H and O–H groups in total. The number of carbonyl (C=O) groups is 3. The van der Waals surface area contributed by atoms with E-state index in [0.29, 0.717) is 37.2 Å². The van der Waals surface area contributed by atoms with Gasteiger partial charge in [0.2, 0.25) is 5.91 Å². The van der Waals surface area contributed by atoms with Gasteiger partial charge in [-0.05, 0) is 54.8 Å². The summed E-state index contributed by atoms with van der Waals surface area (Å²) in [6.45, 7) is 2.46. The summed E-state index contributed by atoms with van der Waals surface area (Å²) in [5, 5.41) is 3.00. The van der Waals surface area contributed by atoms with Gasteiger partial charge in [-0.2, -0.15) is 0 Å². The van der Waals surface area contributed by atoms with Crippen LogP contribution in [-0.4, -0.2) is 48.9 Å². The smallest absolute Gasteiger partial charge is 0.308 e. The van der Waals surface area contributed by atoms with Gasteiger partial charge in [0, 0.05) is 37.7 Å². The summed E-state index contributed by atoms with van der Waals surface area (Å²) in [5.74, 6) is 0.401. The van der Waals surface area contributed by atoms with Crippen molar-refractivity contribution in [2.75, 3.05) is 20.2 Å². The van der Waals surface area contributed by atoms with Crippen LogP contribution in [0.25, 0.3) is 6.08 Å². The highest BCUT2D eigenvalue weighted by Crippen LogP contribution is 2.16. The average molecular weight is 422 g/mol. The minimum Gasteiger partial charge on any atom is -0.497 e. The Kier molecular flexibility index (Phi) is 7.43. The summed E-state index contributed by atoms with van der Waals surface area (Å²) < 4.78 is 10.2. The predicted octanol–water partition coefficient (Wildman–Crippen LogP) is 3.05. The first-order chi connectivity index (χ1) is 14.9. The number of carbonyl (C=O) groups excluding carboxylic acids is 3. The Morgan fingerprint density at radius 1 is 1.03 bits per heavy atom. The van der Waals surface area contributed by atoms with E-state index < -0.39 is 5.97 Å². The zero-order valence-corrected chi connectivity index (χ0v) is 17.7. The molecule has 7 heteroatoms. The first-order valence-corrected chi connectivity index (χ1v) is 10.1. The number of methoxy groups -OCH3 is 1. The molecule has 0 atom stereocenters. The van der Waals surface area contributed by atoms with E-state index in [1.165, 1.54) is 6.92 Å². The molecule has 31 heavy (non-hydrogen) atoms. The van der Waals surface area contributed by atoms with E-state index in [1.807, 2.05) is 24.3 Å². The lowest BCUT2D eigenvalue weighted by atomic mass is 10.0. The van der Waals surface area contributed by atoms with Gasteiger partial charge >= 0.3 is 5.97 Å². The van der Waals surface area contributed by atoms with E-state index in [9.17, 15) is 14.4 Å². The maximum absolute atomic E-state index is 12.5. The molecule has 7 nitrogen and oxygen atoms in total. The molecule has 0 radical (unpaired) electrons. The molecule has 0 bridgehead atoms. The number of rotatable bonds is 6. The second-order valence-corrected chi connectivity index (χ2v) is 7.30. The van der Waals surface area contributed by atoms with Crippen molar-refractivity contribution in [2.45, 2.75) is 25.8 Å². The molecular weight excluding hydrogens is 396 g/mol. The van der Waals surface area contributed by atoms with E-state index in [1.54, 1.807) is 48.4 Å². The Morgan fingerprint density at radius 2 is 1.74 bits per heavy atom. The number of piperidine rings is 1. The van der Waals surface area contributed by atoms with Crippen molar-refractivity contribution in [1.29, 1.82) is 0 Å². The number of amides is 2. The number of hydrogen-bond donors (Lipinski definition) is 1. The van der Waals surface area contributed by atoms with E-state index in [0.717, 1.165) is 11.3 Å². The van der Waals surface area contributed by atoms with Gasteiger partial charge < -0.3 is 19.7 Å². The van der Waals surface area contributed by atoms with Crippen molar-refractivity contribution < 1.29 is 23.9 Å². The van der Waals surface area contributed by atoms with Crippen molar-refractivity contribution in [3.05, 3.63) is 65.7 Å². The maximum atomic E-state index is 12.5. The van der Waals surface area contributed by atoms with Gasteiger partial charge in [-0.25, -0.2) is 0 Å². The lowest BCUT2D eigenvalue weighted by Gasteiger charge is -2.31. The Morgan fingerprint density at radius 3 is 2.39 bits per heavy atom. The van der Waals surface area contributed by atoms with Crippen LogP contribution in [0.1, 0.15) is 35.7 Å². The Balaban J connectivity index is 1.48. The SMILES string of the molecule is COc1ccc(/C=C/C(=O)N2CCC(NC(=O)c3cccc(OC(C)=O)c3)CC2)cc1. The molecule has 1 heterocycles. The molecule has 162 valence electrons. The minimum absolute atomic E-state index is 0.0144. The summed E-state index contributed by atoms with van der Waals surface area (Å²) in [6, 6.07) is 14.0. The van der Waals surface area contributed by atoms with E-state index in [4.69, 9.17) is 9.47 Å². The van der Waals surface area contributed by atoms with Crippen LogP contribution in [0.2, 0.25) is 0 Å². The number of ether oxygens (including phenoxy) is 2. The molecular formula is C24H26N2O5. The molecule has 1 fully saturated rings. The van der Waals surface area contributed by atoms with Crippen molar-refractivity contribution in [2.24, 2.45) is 0 Å². The van der Waals surface area contributed by atoms with Crippen molar-refractivity contribution in [3.63, 3.8) is 0 Å². The fourth-order valence-corrected chi connectivity index (χ4v) is 3.37. The molecule has 0 aliphatic carbocycles. The molecule has 1 aliphatic heterocycles. The van der Waals surface area contributed by atoms with Crippen molar-refractivity contribution >= 4 is 23.9 Å². The van der Waals surface area contributed by atoms with Crippen LogP contribution >= 0.6 is 0 Å². The quantitative estimate of drug-likeness (QED) is 0.439. The number of esters is 1. The van der Waals surface area contributed by atoms with Gasteiger partial charge in [-0.15, -0.1) is 0 Å². The van der Waals surface area contributed by atoms with Gasteiger partial charge in [0.05, 0.1) is 7.11 Å². The van der Waals surface area contributed by atoms with Crippen molar-refractivity contribution in [3.8, 4) is 11.5 Å². The average Bonchev–Trinajstić information content (AvgIpc) is 2.78. The molecule has 2 amide bonds. The van der Waals surface area contributed by atoms with Gasteiger partial charge in [-0.1, -0.05) is 18.2 Å². The largest absolute Gasteiger partial charge is 0.497 e. The number of likely N-dealkylation sites (tertiary alicyclic amines) is 1. The van der Waals surface area contributed by atoms with Crippen LogP contribution < -0.4 is 14.8 Å². The highest BCUT2D eigenvalue weighted by Gasteiger charge is 2.23. The second kappa shape index (κ2) is 10.4. The molecule has 3 rings (SSSR count). The normalized spacial score (nSPS) is 14.3. The molecule has 0 unspecified atom stereocenters. The molecule has 0 saturated carbocycles. The third-order valence-electron chi connectivity index (χ3n) is 5.03. The highest BCUT2D eigenvalue weighted by molar-refractivity contribution is 5.95. The third kappa shape index (κ3) is 6.44. The number of nitrogens with zero attached hydrogens (tertiary/aromatic N) is 1. The van der Waals surface area contributed by atoms with E-state index in [-0.39, 0.29) is 17.9 Å². The van der Waals surface area contributed by atoms with Crippen molar-refractivity contribution in [1.82, 2.24) is 10.2 Å². The molecule has 0 spiro atoms. The fourth-order valence-electron chi connectivity index (χ4n) is 3.37. The number of nitrogens with one attached hydrogen (secondary N) is 1. The standard InChI is InChI=1S/C24H26N2O5/c1-17(27)31-22-5-3-4-19(16-22)24(29)25-20-12-14-26(15-13-20)23(28)11-8-18-6-9-21(30-2)10-7-18/h3-11,16,20H,12-15H2,1-2H3,(H,25,29)/b11-8+. The minimum atomic E-state index is -0.435. The molecule has 1 aliphatic rings. The first kappa shape index (κ1) is 22.1. The van der Waals surface area contributed by atoms with Gasteiger partial charge in [0.15, 0.2) is 0 Å². The molecule has 2 aromatic rings. The third-order valence-corrected chi connectivity index (χ3v) is 5.03. The fraction of sp³-hybridized carbons (Fsp3) is 0.292. The Hall–Kier alpha value is -3.61. The van der Waals surface area contributed by atoms with Crippen LogP contribution in [0.15, 0.2) is 54.6 Å². The van der Waals surface area contributed by atoms with Gasteiger partial charge in [0.25, 0.3) is 5.91 Å². The van der Waals surface area contributed by atoms with Gasteiger partial charge in [-0.3, -0.25) is 14.4 Å². The highest BCUT2D eigenvalue weighted by atomic mass is 16.5. The van der Waals surface area contributed by atoms with Crippen LogP contribution in [-0.2, 0) is 9.59 Å². The maximum Gasteiger partial charge on any atom is 0.308 e. The first-order valence-electron chi connectivity index (χ1n) is 10.1. The molecule has 2 aromatic carbocycles. The topological polar surface area (TPSA) is 84.9 Å². The molecule has 1 saturated heterocycles. The van der Waals surface area contributed by atoms with E-state index in [2.05, 4.69) is 5.32 Å². The zero-order chi connectivity index (χ0) is 22.2. The Labute approximate surface area is 181 Å². The monoisotopic (exact) mass is 422 g/mol. The zero-order valence-electron chi connectivity index (χ0n) is 17.7. The van der Waals surface area contributed by atoms with Crippen LogP contribution in [0.5, 0.6) is 11.5 Å². The molecule has 0 aromatic heterocycles. The number of hydrogen-bond acceptors (Lipinski definition) is 5. The summed E-state index contributed by atoms with van der Waals surface area (Å²) in [4.78, 5) is 37.8. The lowest BCUT2D eigenvalue weighted by molar-refractivity contribution is -0.132. The van der Waals surface area contributed by atoms with Crippen LogP contribution in [0.4, 0.5) is 0 Å². The summed E-state index contributed by atoms with van der Waals surface area (Å²) in [7, 11) is 1.61. The second-order valence-electron chi connectivity index (χ2n) is 7.30. The summed E-state index contributed by atoms with van der Waals surface area (Å²) in [6.07, 6.45) is 4.71.